The molecule has 5 rings (SSSR count). The van der Waals surface area contributed by atoms with Crippen molar-refractivity contribution in [1.29, 1.82) is 0 Å². The van der Waals surface area contributed by atoms with Crippen LogP contribution in [0.5, 0.6) is 0 Å². The number of carboxylic acids is 1. The van der Waals surface area contributed by atoms with Crippen LogP contribution in [0.2, 0.25) is 0 Å². The number of ether oxygens (including phenoxy) is 3. The summed E-state index contributed by atoms with van der Waals surface area (Å²) in [7, 11) is 0. The van der Waals surface area contributed by atoms with E-state index in [1.54, 1.807) is 0 Å². The summed E-state index contributed by atoms with van der Waals surface area (Å²) in [5, 5.41) is 13.9. The fourth-order valence-corrected chi connectivity index (χ4v) is 12.3. The number of unbranched alkanes of at least 4 members (excludes halogenated alkanes) is 1. The lowest BCUT2D eigenvalue weighted by molar-refractivity contribution is -0.266. The molecule has 3 saturated carbocycles. The smallest absolute Gasteiger partial charge is 0.307 e. The van der Waals surface area contributed by atoms with Crippen molar-refractivity contribution in [2.45, 2.75) is 131 Å². The fraction of sp³-hybridized carbons (Fsp3) is 0.875. The van der Waals surface area contributed by atoms with Gasteiger partial charge in [0.15, 0.2) is 0 Å². The van der Waals surface area contributed by atoms with Crippen LogP contribution in [0.4, 0.5) is 0 Å². The van der Waals surface area contributed by atoms with Gasteiger partial charge in [-0.1, -0.05) is 66.5 Å². The van der Waals surface area contributed by atoms with Crippen molar-refractivity contribution in [2.75, 3.05) is 32.9 Å². The van der Waals surface area contributed by atoms with Gasteiger partial charge in [-0.3, -0.25) is 14.4 Å². The zero-order valence-electron chi connectivity index (χ0n) is 32.1. The molecule has 4 aliphatic carbocycles. The quantitative estimate of drug-likeness (QED) is 0.111. The van der Waals surface area contributed by atoms with Crippen LogP contribution in [0, 0.1) is 56.7 Å². The predicted molar refractivity (Wildman–Crippen MR) is 193 cm³/mol. The maximum atomic E-state index is 13.4. The number of carbonyl (C=O) groups excluding carboxylic acids is 2. The van der Waals surface area contributed by atoms with Gasteiger partial charge in [-0.15, -0.1) is 0 Å². The van der Waals surface area contributed by atoms with Crippen LogP contribution in [0.1, 0.15) is 113 Å². The van der Waals surface area contributed by atoms with Crippen LogP contribution in [0.25, 0.3) is 0 Å². The molecule has 1 aliphatic heterocycles. The topological polar surface area (TPSA) is 163 Å². The zero-order chi connectivity index (χ0) is 36.9. The first-order valence-electron chi connectivity index (χ1n) is 19.5. The first-order valence-corrected chi connectivity index (χ1v) is 19.5. The monoisotopic (exact) mass is 701 g/mol. The van der Waals surface area contributed by atoms with E-state index in [2.05, 4.69) is 59.9 Å². The van der Waals surface area contributed by atoms with Crippen LogP contribution >= 0.6 is 0 Å². The van der Waals surface area contributed by atoms with Gasteiger partial charge in [-0.25, -0.2) is 0 Å². The van der Waals surface area contributed by atoms with E-state index in [0.29, 0.717) is 51.5 Å². The SMILES string of the molecule is CC(=O)O[C@@H]1C[C@@]23COC[C@@](C)([C@@H]2CC[C@H]2C3=CC[C@@]3(C)[C@H](C(=O)O)[C@@](C)([C@H](C)C(C)C)CC[C@]23C)[C@H]1OCCNC(=O)C(N)CCCCN. The first-order chi connectivity index (χ1) is 23.4. The molecule has 0 aromatic carbocycles. The highest BCUT2D eigenvalue weighted by Crippen LogP contribution is 2.75. The Morgan fingerprint density at radius 2 is 1.78 bits per heavy atom. The number of rotatable bonds is 13. The highest BCUT2D eigenvalue weighted by Gasteiger charge is 2.72. The number of nitrogens with two attached hydrogens (primary N) is 2. The van der Waals surface area contributed by atoms with Crippen LogP contribution in [-0.2, 0) is 28.6 Å². The summed E-state index contributed by atoms with van der Waals surface area (Å²) in [4.78, 5) is 38.6. The summed E-state index contributed by atoms with van der Waals surface area (Å²) in [6.07, 6.45) is 8.94. The minimum atomic E-state index is -0.664. The highest BCUT2D eigenvalue weighted by atomic mass is 16.6. The minimum absolute atomic E-state index is 0.197. The number of esters is 1. The molecule has 50 heavy (non-hydrogen) atoms. The Kier molecular flexibility index (Phi) is 11.3. The minimum Gasteiger partial charge on any atom is -0.481 e. The van der Waals surface area contributed by atoms with Crippen molar-refractivity contribution in [3.8, 4) is 0 Å². The van der Waals surface area contributed by atoms with Gasteiger partial charge < -0.3 is 36.1 Å². The molecule has 10 nitrogen and oxygen atoms in total. The standard InChI is InChI=1S/C40H67N3O7/c1-24(2)25(3)36(5)16-17-38(7)27-12-13-31-37(6)22-48-23-40(31,28(27)14-15-39(38,8)32(36)35(46)47)21-30(50-26(4)44)33(37)49-20-19-43-34(45)29(42)11-9-10-18-41/h14,24-25,27,29-33H,9-13,15-23,41-42H2,1-8H3,(H,43,45)(H,46,47)/t25-,27+,29?,30-,31+,32-,33+,36-,37+,38-,39+,40+/m1/s1. The maximum Gasteiger partial charge on any atom is 0.307 e. The largest absolute Gasteiger partial charge is 0.481 e. The van der Waals surface area contributed by atoms with Crippen LogP contribution < -0.4 is 16.8 Å². The van der Waals surface area contributed by atoms with Gasteiger partial charge in [-0.2, -0.15) is 0 Å². The van der Waals surface area contributed by atoms with Crippen LogP contribution in [0.3, 0.4) is 0 Å². The van der Waals surface area contributed by atoms with Gasteiger partial charge in [0.2, 0.25) is 5.91 Å². The molecule has 1 amide bonds. The summed E-state index contributed by atoms with van der Waals surface area (Å²) in [5.74, 6) is -0.496. The van der Waals surface area contributed by atoms with E-state index in [1.165, 1.54) is 12.5 Å². The van der Waals surface area contributed by atoms with Crippen molar-refractivity contribution in [1.82, 2.24) is 5.32 Å². The van der Waals surface area contributed by atoms with E-state index in [1.807, 2.05) is 0 Å². The number of allylic oxidation sites excluding steroid dienone is 1. The molecule has 0 aromatic rings. The number of carboxylic acid groups (broad SMARTS) is 1. The number of nitrogens with one attached hydrogen (secondary N) is 1. The Labute approximate surface area is 300 Å². The van der Waals surface area contributed by atoms with E-state index in [0.717, 1.165) is 38.5 Å². The molecule has 0 aromatic heterocycles. The van der Waals surface area contributed by atoms with Gasteiger partial charge in [0, 0.05) is 24.3 Å². The molecule has 5 aliphatic rings. The fourth-order valence-electron chi connectivity index (χ4n) is 12.3. The van der Waals surface area contributed by atoms with E-state index >= 15 is 0 Å². The van der Waals surface area contributed by atoms with E-state index in [-0.39, 0.29) is 52.5 Å². The summed E-state index contributed by atoms with van der Waals surface area (Å²) >= 11 is 0. The van der Waals surface area contributed by atoms with Crippen molar-refractivity contribution in [2.24, 2.45) is 68.1 Å². The lowest BCUT2D eigenvalue weighted by Gasteiger charge is -2.71. The maximum absolute atomic E-state index is 13.4. The highest BCUT2D eigenvalue weighted by molar-refractivity contribution is 5.81. The van der Waals surface area contributed by atoms with Crippen LogP contribution in [0.15, 0.2) is 11.6 Å². The lowest BCUT2D eigenvalue weighted by atomic mass is 9.34. The summed E-state index contributed by atoms with van der Waals surface area (Å²) in [6, 6.07) is -0.583. The molecule has 4 fully saturated rings. The molecule has 6 N–H and O–H groups in total. The Morgan fingerprint density at radius 3 is 2.42 bits per heavy atom. The zero-order valence-corrected chi connectivity index (χ0v) is 32.1. The third-order valence-electron chi connectivity index (χ3n) is 15.4. The molecular weight excluding hydrogens is 634 g/mol. The van der Waals surface area contributed by atoms with Gasteiger partial charge in [0.05, 0.1) is 31.8 Å². The molecule has 10 heteroatoms. The second-order valence-corrected chi connectivity index (χ2v) is 18.2. The second-order valence-electron chi connectivity index (χ2n) is 18.2. The molecule has 2 bridgehead atoms. The molecule has 0 radical (unpaired) electrons. The van der Waals surface area contributed by atoms with Crippen molar-refractivity contribution < 1.29 is 33.7 Å². The van der Waals surface area contributed by atoms with E-state index < -0.39 is 41.0 Å². The van der Waals surface area contributed by atoms with Crippen molar-refractivity contribution in [3.63, 3.8) is 0 Å². The van der Waals surface area contributed by atoms with Gasteiger partial charge in [0.25, 0.3) is 0 Å². The number of hydrogen-bond acceptors (Lipinski definition) is 8. The number of fused-ring (bicyclic) bond motifs is 3. The molecule has 1 heterocycles. The van der Waals surface area contributed by atoms with E-state index in [4.69, 9.17) is 25.7 Å². The summed E-state index contributed by atoms with van der Waals surface area (Å²) in [5.41, 5.74) is 11.4. The predicted octanol–water partition coefficient (Wildman–Crippen LogP) is 5.46. The Morgan fingerprint density at radius 1 is 1.06 bits per heavy atom. The third kappa shape index (κ3) is 6.26. The molecule has 1 saturated heterocycles. The van der Waals surface area contributed by atoms with Gasteiger partial charge >= 0.3 is 11.9 Å². The average molecular weight is 702 g/mol. The number of carbonyl (C=O) groups is 3. The normalized spacial score (nSPS) is 41.9. The lowest BCUT2D eigenvalue weighted by Crippen LogP contribution is -2.70. The van der Waals surface area contributed by atoms with Gasteiger partial charge in [0.1, 0.15) is 12.2 Å². The number of hydrogen-bond donors (Lipinski definition) is 4. The van der Waals surface area contributed by atoms with E-state index in [9.17, 15) is 19.5 Å². The van der Waals surface area contributed by atoms with Gasteiger partial charge in [-0.05, 0) is 97.8 Å². The average Bonchev–Trinajstić information content (AvgIpc) is 3.03. The molecule has 1 unspecified atom stereocenters. The Hall–Kier alpha value is -2.01. The molecule has 12 atom stereocenters. The van der Waals surface area contributed by atoms with Crippen molar-refractivity contribution in [3.05, 3.63) is 11.6 Å². The summed E-state index contributed by atoms with van der Waals surface area (Å²) in [6.45, 7) is 19.5. The molecular formula is C40H67N3O7. The first kappa shape index (κ1) is 39.2. The molecule has 284 valence electrons. The number of amides is 1. The Bertz CT molecular complexity index is 1320. The summed E-state index contributed by atoms with van der Waals surface area (Å²) < 4.78 is 19.3. The number of aliphatic carboxylic acids is 1. The van der Waals surface area contributed by atoms with Crippen molar-refractivity contribution >= 4 is 17.8 Å². The molecule has 0 spiro atoms. The second kappa shape index (κ2) is 14.4. The Balaban J connectivity index is 1.43. The third-order valence-corrected chi connectivity index (χ3v) is 15.4. The van der Waals surface area contributed by atoms with Crippen LogP contribution in [-0.4, -0.2) is 74.1 Å².